The van der Waals surface area contributed by atoms with Crippen molar-refractivity contribution < 1.29 is 0 Å². The molecule has 0 bridgehead atoms. The average Bonchev–Trinajstić information content (AvgIpc) is 2.36. The molecule has 1 heterocycles. The molecule has 88 valence electrons. The third-order valence-corrected chi connectivity index (χ3v) is 3.69. The standard InChI is InChI=1S/C12H11Br2N3/c1-15-12(8-5-16-7-17-6-8)10-4-9(13)2-3-11(10)14/h2-7,12,15H,1H3. The van der Waals surface area contributed by atoms with E-state index in [0.29, 0.717) is 0 Å². The van der Waals surface area contributed by atoms with Gasteiger partial charge in [-0.25, -0.2) is 9.97 Å². The quantitative estimate of drug-likeness (QED) is 0.916. The minimum Gasteiger partial charge on any atom is -0.309 e. The third kappa shape index (κ3) is 2.91. The monoisotopic (exact) mass is 355 g/mol. The Morgan fingerprint density at radius 2 is 1.88 bits per heavy atom. The fourth-order valence-electron chi connectivity index (χ4n) is 1.70. The summed E-state index contributed by atoms with van der Waals surface area (Å²) in [5, 5.41) is 3.27. The molecule has 1 aromatic heterocycles. The van der Waals surface area contributed by atoms with Crippen LogP contribution in [-0.4, -0.2) is 17.0 Å². The van der Waals surface area contributed by atoms with Crippen molar-refractivity contribution in [2.24, 2.45) is 0 Å². The Morgan fingerprint density at radius 3 is 2.53 bits per heavy atom. The number of hydrogen-bond donors (Lipinski definition) is 1. The van der Waals surface area contributed by atoms with Crippen LogP contribution in [0.25, 0.3) is 0 Å². The fourth-order valence-corrected chi connectivity index (χ4v) is 2.55. The van der Waals surface area contributed by atoms with Crippen molar-refractivity contribution >= 4 is 31.9 Å². The van der Waals surface area contributed by atoms with Crippen molar-refractivity contribution in [3.8, 4) is 0 Å². The van der Waals surface area contributed by atoms with E-state index in [9.17, 15) is 0 Å². The molecule has 2 aromatic rings. The summed E-state index contributed by atoms with van der Waals surface area (Å²) >= 11 is 7.05. The van der Waals surface area contributed by atoms with Gasteiger partial charge >= 0.3 is 0 Å². The van der Waals surface area contributed by atoms with E-state index in [1.54, 1.807) is 0 Å². The van der Waals surface area contributed by atoms with Crippen molar-refractivity contribution in [3.63, 3.8) is 0 Å². The Balaban J connectivity index is 2.46. The summed E-state index contributed by atoms with van der Waals surface area (Å²) in [6.07, 6.45) is 5.18. The van der Waals surface area contributed by atoms with Crippen LogP contribution < -0.4 is 5.32 Å². The van der Waals surface area contributed by atoms with Gasteiger partial charge in [-0.05, 0) is 30.8 Å². The molecule has 1 unspecified atom stereocenters. The molecule has 5 heteroatoms. The minimum absolute atomic E-state index is 0.0723. The zero-order valence-corrected chi connectivity index (χ0v) is 12.4. The highest BCUT2D eigenvalue weighted by Gasteiger charge is 2.15. The number of nitrogens with one attached hydrogen (secondary N) is 1. The summed E-state index contributed by atoms with van der Waals surface area (Å²) in [5.41, 5.74) is 2.19. The molecule has 1 atom stereocenters. The molecule has 0 radical (unpaired) electrons. The van der Waals surface area contributed by atoms with Crippen LogP contribution in [-0.2, 0) is 0 Å². The Bertz CT molecular complexity index is 502. The highest BCUT2D eigenvalue weighted by atomic mass is 79.9. The van der Waals surface area contributed by atoms with E-state index in [0.717, 1.165) is 20.1 Å². The maximum Gasteiger partial charge on any atom is 0.115 e. The Morgan fingerprint density at radius 1 is 1.18 bits per heavy atom. The molecule has 0 saturated carbocycles. The molecule has 0 fully saturated rings. The van der Waals surface area contributed by atoms with Gasteiger partial charge in [0.05, 0.1) is 6.04 Å². The van der Waals surface area contributed by atoms with E-state index < -0.39 is 0 Å². The third-order valence-electron chi connectivity index (χ3n) is 2.47. The van der Waals surface area contributed by atoms with Crippen LogP contribution >= 0.6 is 31.9 Å². The maximum absolute atomic E-state index is 4.05. The summed E-state index contributed by atoms with van der Waals surface area (Å²) in [6, 6.07) is 6.18. The lowest BCUT2D eigenvalue weighted by molar-refractivity contribution is 0.681. The fraction of sp³-hybridized carbons (Fsp3) is 0.167. The molecule has 0 saturated heterocycles. The highest BCUT2D eigenvalue weighted by Crippen LogP contribution is 2.30. The molecule has 0 aliphatic rings. The summed E-state index contributed by atoms with van der Waals surface area (Å²) in [4.78, 5) is 8.11. The molecule has 17 heavy (non-hydrogen) atoms. The van der Waals surface area contributed by atoms with Crippen LogP contribution in [0.2, 0.25) is 0 Å². The van der Waals surface area contributed by atoms with Gasteiger partial charge in [0.15, 0.2) is 0 Å². The molecule has 0 aliphatic carbocycles. The normalized spacial score (nSPS) is 12.4. The van der Waals surface area contributed by atoms with Crippen molar-refractivity contribution in [2.75, 3.05) is 7.05 Å². The number of hydrogen-bond acceptors (Lipinski definition) is 3. The van der Waals surface area contributed by atoms with Gasteiger partial charge in [-0.2, -0.15) is 0 Å². The second-order valence-electron chi connectivity index (χ2n) is 3.56. The number of halogens is 2. The Labute approximate surface area is 117 Å². The topological polar surface area (TPSA) is 37.8 Å². The molecule has 3 nitrogen and oxygen atoms in total. The Hall–Kier alpha value is -0.780. The summed E-state index contributed by atoms with van der Waals surface area (Å²) < 4.78 is 2.11. The molecular weight excluding hydrogens is 346 g/mol. The number of nitrogens with zero attached hydrogens (tertiary/aromatic N) is 2. The SMILES string of the molecule is CNC(c1cncnc1)c1cc(Br)ccc1Br. The number of aromatic nitrogens is 2. The van der Waals surface area contributed by atoms with E-state index in [2.05, 4.69) is 53.2 Å². The van der Waals surface area contributed by atoms with Crippen LogP contribution in [0.5, 0.6) is 0 Å². The van der Waals surface area contributed by atoms with Gasteiger partial charge in [-0.3, -0.25) is 0 Å². The number of rotatable bonds is 3. The van der Waals surface area contributed by atoms with Crippen molar-refractivity contribution in [2.45, 2.75) is 6.04 Å². The van der Waals surface area contributed by atoms with Crippen LogP contribution in [0, 0.1) is 0 Å². The Kier molecular flexibility index (Phi) is 4.25. The largest absolute Gasteiger partial charge is 0.309 e. The zero-order chi connectivity index (χ0) is 12.3. The lowest BCUT2D eigenvalue weighted by Gasteiger charge is -2.18. The summed E-state index contributed by atoms with van der Waals surface area (Å²) in [6.45, 7) is 0. The van der Waals surface area contributed by atoms with Crippen LogP contribution in [0.1, 0.15) is 17.2 Å². The molecule has 0 amide bonds. The van der Waals surface area contributed by atoms with E-state index in [-0.39, 0.29) is 6.04 Å². The maximum atomic E-state index is 4.05. The summed E-state index contributed by atoms with van der Waals surface area (Å²) in [7, 11) is 1.92. The number of benzene rings is 1. The first kappa shape index (κ1) is 12.7. The van der Waals surface area contributed by atoms with E-state index in [1.807, 2.05) is 31.6 Å². The van der Waals surface area contributed by atoms with Crippen molar-refractivity contribution in [1.82, 2.24) is 15.3 Å². The lowest BCUT2D eigenvalue weighted by Crippen LogP contribution is -2.18. The summed E-state index contributed by atoms with van der Waals surface area (Å²) in [5.74, 6) is 0. The predicted octanol–water partition coefficient (Wildman–Crippen LogP) is 3.31. The van der Waals surface area contributed by atoms with Crippen LogP contribution in [0.3, 0.4) is 0 Å². The second kappa shape index (κ2) is 5.71. The second-order valence-corrected chi connectivity index (χ2v) is 5.33. The van der Waals surface area contributed by atoms with Gasteiger partial charge in [0.25, 0.3) is 0 Å². The van der Waals surface area contributed by atoms with E-state index >= 15 is 0 Å². The van der Waals surface area contributed by atoms with Gasteiger partial charge in [0.1, 0.15) is 6.33 Å². The molecule has 0 spiro atoms. The zero-order valence-electron chi connectivity index (χ0n) is 9.19. The average molecular weight is 357 g/mol. The van der Waals surface area contributed by atoms with Crippen LogP contribution in [0.4, 0.5) is 0 Å². The van der Waals surface area contributed by atoms with Gasteiger partial charge in [-0.1, -0.05) is 31.9 Å². The highest BCUT2D eigenvalue weighted by molar-refractivity contribution is 9.11. The molecule has 2 rings (SSSR count). The van der Waals surface area contributed by atoms with E-state index in [4.69, 9.17) is 0 Å². The van der Waals surface area contributed by atoms with Crippen molar-refractivity contribution in [3.05, 3.63) is 57.0 Å². The van der Waals surface area contributed by atoms with Gasteiger partial charge in [0, 0.05) is 26.9 Å². The first-order valence-corrected chi connectivity index (χ1v) is 6.68. The van der Waals surface area contributed by atoms with Gasteiger partial charge in [0.2, 0.25) is 0 Å². The molecular formula is C12H11Br2N3. The van der Waals surface area contributed by atoms with Gasteiger partial charge < -0.3 is 5.32 Å². The minimum atomic E-state index is 0.0723. The predicted molar refractivity (Wildman–Crippen MR) is 74.8 cm³/mol. The molecule has 1 N–H and O–H groups in total. The lowest BCUT2D eigenvalue weighted by atomic mass is 10.0. The van der Waals surface area contributed by atoms with E-state index in [1.165, 1.54) is 6.33 Å². The smallest absolute Gasteiger partial charge is 0.115 e. The van der Waals surface area contributed by atoms with Crippen LogP contribution in [0.15, 0.2) is 45.9 Å². The molecule has 0 aliphatic heterocycles. The first-order chi connectivity index (χ1) is 8.22. The van der Waals surface area contributed by atoms with Gasteiger partial charge in [-0.15, -0.1) is 0 Å². The van der Waals surface area contributed by atoms with Crippen molar-refractivity contribution in [1.29, 1.82) is 0 Å². The first-order valence-electron chi connectivity index (χ1n) is 5.09. The molecule has 1 aromatic carbocycles.